The number of carbonyl (C=O) groups is 3. The zero-order valence-electron chi connectivity index (χ0n) is 15.6. The van der Waals surface area contributed by atoms with Crippen molar-refractivity contribution in [2.75, 3.05) is 18.5 Å². The zero-order chi connectivity index (χ0) is 21.8. The second kappa shape index (κ2) is 10.3. The predicted octanol–water partition coefficient (Wildman–Crippen LogP) is 5.62. The Bertz CT molecular complexity index is 1040. The molecule has 0 bridgehead atoms. The van der Waals surface area contributed by atoms with E-state index in [4.69, 9.17) is 16.3 Å². The molecule has 2 aromatic carbocycles. The monoisotopic (exact) mass is 668 g/mol. The summed E-state index contributed by atoms with van der Waals surface area (Å²) in [6.07, 6.45) is 1.64. The van der Waals surface area contributed by atoms with Crippen LogP contribution < -0.4 is 10.1 Å². The molecule has 1 aliphatic heterocycles. The van der Waals surface area contributed by atoms with Crippen LogP contribution in [-0.4, -0.2) is 35.1 Å². The van der Waals surface area contributed by atoms with Gasteiger partial charge in [0.15, 0.2) is 0 Å². The lowest BCUT2D eigenvalue weighted by Gasteiger charge is -2.13. The van der Waals surface area contributed by atoms with E-state index in [0.717, 1.165) is 23.8 Å². The van der Waals surface area contributed by atoms with Gasteiger partial charge in [-0.25, -0.2) is 0 Å². The lowest BCUT2D eigenvalue weighted by molar-refractivity contribution is -0.127. The lowest BCUT2D eigenvalue weighted by atomic mass is 10.2. The highest BCUT2D eigenvalue weighted by molar-refractivity contribution is 14.1. The second-order valence-electron chi connectivity index (χ2n) is 6.06. The molecule has 1 saturated heterocycles. The quantitative estimate of drug-likeness (QED) is 0.320. The van der Waals surface area contributed by atoms with Crippen LogP contribution in [0.3, 0.4) is 0 Å². The number of anilines is 1. The summed E-state index contributed by atoms with van der Waals surface area (Å²) in [5.74, 6) is -0.321. The number of imide groups is 1. The van der Waals surface area contributed by atoms with Crippen LogP contribution in [0.1, 0.15) is 12.5 Å². The minimum atomic E-state index is -0.507. The maximum atomic E-state index is 12.8. The molecular weight excluding hydrogens is 654 g/mol. The van der Waals surface area contributed by atoms with Gasteiger partial charge in [-0.05, 0) is 106 Å². The Balaban J connectivity index is 1.78. The Morgan fingerprint density at radius 2 is 1.93 bits per heavy atom. The molecule has 0 unspecified atom stereocenters. The van der Waals surface area contributed by atoms with Crippen LogP contribution in [0.5, 0.6) is 5.75 Å². The van der Waals surface area contributed by atoms with E-state index in [9.17, 15) is 14.4 Å². The van der Waals surface area contributed by atoms with Gasteiger partial charge in [-0.2, -0.15) is 0 Å². The van der Waals surface area contributed by atoms with Crippen molar-refractivity contribution in [3.8, 4) is 5.75 Å². The summed E-state index contributed by atoms with van der Waals surface area (Å²) >= 11 is 11.0. The Labute approximate surface area is 210 Å². The van der Waals surface area contributed by atoms with Crippen molar-refractivity contribution in [2.45, 2.75) is 6.92 Å². The van der Waals surface area contributed by atoms with Gasteiger partial charge < -0.3 is 10.1 Å². The summed E-state index contributed by atoms with van der Waals surface area (Å²) in [7, 11) is 0. The van der Waals surface area contributed by atoms with Gasteiger partial charge in [-0.1, -0.05) is 11.6 Å². The van der Waals surface area contributed by atoms with E-state index in [1.165, 1.54) is 0 Å². The second-order valence-corrected chi connectivity index (χ2v) is 9.90. The molecule has 1 N–H and O–H groups in total. The highest BCUT2D eigenvalue weighted by Crippen LogP contribution is 2.36. The molecular formula is C20H15ClI2N2O4S. The standard InChI is InChI=1S/C20H15ClI2N2O4S/c1-2-29-18-11(7-13(22)9-15(18)23)8-16-19(27)25(20(28)30-16)10-17(26)24-14-5-3-12(21)4-6-14/h3-9H,2,10H2,1H3,(H,24,26)/b16-8+. The molecule has 0 radical (unpaired) electrons. The van der Waals surface area contributed by atoms with Gasteiger partial charge >= 0.3 is 0 Å². The van der Waals surface area contributed by atoms with Crippen molar-refractivity contribution in [2.24, 2.45) is 0 Å². The van der Waals surface area contributed by atoms with Crippen LogP contribution in [0.2, 0.25) is 5.02 Å². The summed E-state index contributed by atoms with van der Waals surface area (Å²) in [4.78, 5) is 38.6. The van der Waals surface area contributed by atoms with Crippen LogP contribution in [0.4, 0.5) is 10.5 Å². The van der Waals surface area contributed by atoms with Gasteiger partial charge in [0.25, 0.3) is 11.1 Å². The average molecular weight is 669 g/mol. The first-order valence-corrected chi connectivity index (χ1v) is 12.1. The first-order valence-electron chi connectivity index (χ1n) is 8.71. The SMILES string of the molecule is CCOc1c(I)cc(I)cc1/C=C1/SC(=O)N(CC(=O)Nc2ccc(Cl)cc2)C1=O. The normalized spacial score (nSPS) is 15.1. The molecule has 1 heterocycles. The number of thioether (sulfide) groups is 1. The fourth-order valence-corrected chi connectivity index (χ4v) is 5.64. The van der Waals surface area contributed by atoms with Crippen molar-refractivity contribution in [3.05, 3.63) is 59.0 Å². The van der Waals surface area contributed by atoms with Crippen LogP contribution in [-0.2, 0) is 9.59 Å². The molecule has 0 saturated carbocycles. The zero-order valence-corrected chi connectivity index (χ0v) is 21.5. The van der Waals surface area contributed by atoms with Crippen LogP contribution >= 0.6 is 68.5 Å². The third-order valence-corrected chi connectivity index (χ3v) is 6.50. The largest absolute Gasteiger partial charge is 0.492 e. The maximum Gasteiger partial charge on any atom is 0.294 e. The highest BCUT2D eigenvalue weighted by Gasteiger charge is 2.36. The van der Waals surface area contributed by atoms with Crippen molar-refractivity contribution in [1.29, 1.82) is 0 Å². The van der Waals surface area contributed by atoms with E-state index in [0.29, 0.717) is 28.6 Å². The summed E-state index contributed by atoms with van der Waals surface area (Å²) in [6, 6.07) is 10.4. The molecule has 2 aromatic rings. The number of ether oxygens (including phenoxy) is 1. The number of hydrogen-bond acceptors (Lipinski definition) is 5. The van der Waals surface area contributed by atoms with Crippen molar-refractivity contribution in [1.82, 2.24) is 4.90 Å². The van der Waals surface area contributed by atoms with Gasteiger partial charge in [0.2, 0.25) is 5.91 Å². The Morgan fingerprint density at radius 3 is 2.60 bits per heavy atom. The molecule has 156 valence electrons. The summed E-state index contributed by atoms with van der Waals surface area (Å²) in [6.45, 7) is 1.99. The molecule has 10 heteroatoms. The molecule has 3 amide bonds. The summed E-state index contributed by atoms with van der Waals surface area (Å²) in [5.41, 5.74) is 1.24. The van der Waals surface area contributed by atoms with E-state index in [1.807, 2.05) is 19.1 Å². The van der Waals surface area contributed by atoms with E-state index in [1.54, 1.807) is 30.3 Å². The van der Waals surface area contributed by atoms with Crippen molar-refractivity contribution < 1.29 is 19.1 Å². The molecule has 0 spiro atoms. The van der Waals surface area contributed by atoms with Crippen LogP contribution in [0.15, 0.2) is 41.3 Å². The van der Waals surface area contributed by atoms with E-state index < -0.39 is 17.1 Å². The summed E-state index contributed by atoms with van der Waals surface area (Å²) < 4.78 is 7.60. The van der Waals surface area contributed by atoms with Gasteiger partial charge in [0.05, 0.1) is 15.1 Å². The number of amides is 3. The van der Waals surface area contributed by atoms with E-state index >= 15 is 0 Å². The van der Waals surface area contributed by atoms with Crippen molar-refractivity contribution in [3.63, 3.8) is 0 Å². The van der Waals surface area contributed by atoms with E-state index in [2.05, 4.69) is 50.5 Å². The summed E-state index contributed by atoms with van der Waals surface area (Å²) in [5, 5.41) is 2.70. The molecule has 0 aliphatic carbocycles. The smallest absolute Gasteiger partial charge is 0.294 e. The third-order valence-electron chi connectivity index (χ3n) is 3.92. The maximum absolute atomic E-state index is 12.8. The van der Waals surface area contributed by atoms with Crippen LogP contribution in [0.25, 0.3) is 6.08 Å². The Hall–Kier alpha value is -1.31. The van der Waals surface area contributed by atoms with Gasteiger partial charge in [-0.15, -0.1) is 0 Å². The first-order chi connectivity index (χ1) is 14.3. The van der Waals surface area contributed by atoms with Gasteiger partial charge in [0.1, 0.15) is 12.3 Å². The average Bonchev–Trinajstić information content (AvgIpc) is 2.94. The molecule has 1 fully saturated rings. The fraction of sp³-hybridized carbons (Fsp3) is 0.150. The number of nitrogens with zero attached hydrogens (tertiary/aromatic N) is 1. The Kier molecular flexibility index (Phi) is 8.04. The molecule has 6 nitrogen and oxygen atoms in total. The molecule has 0 atom stereocenters. The molecule has 0 aromatic heterocycles. The molecule has 1 aliphatic rings. The topological polar surface area (TPSA) is 75.7 Å². The van der Waals surface area contributed by atoms with Gasteiger partial charge in [0, 0.05) is 19.8 Å². The molecule has 30 heavy (non-hydrogen) atoms. The Morgan fingerprint density at radius 1 is 1.23 bits per heavy atom. The van der Waals surface area contributed by atoms with Crippen LogP contribution in [0, 0.1) is 7.14 Å². The first kappa shape index (κ1) is 23.4. The third kappa shape index (κ3) is 5.68. The molecule has 3 rings (SSSR count). The van der Waals surface area contributed by atoms with Crippen molar-refractivity contribution >= 4 is 97.4 Å². The lowest BCUT2D eigenvalue weighted by Crippen LogP contribution is -2.36. The number of rotatable bonds is 6. The van der Waals surface area contributed by atoms with E-state index in [-0.39, 0.29) is 11.4 Å². The number of hydrogen-bond donors (Lipinski definition) is 1. The minimum Gasteiger partial charge on any atom is -0.492 e. The number of nitrogens with one attached hydrogen (secondary N) is 1. The number of halogens is 3. The minimum absolute atomic E-state index is 0.248. The number of benzene rings is 2. The van der Waals surface area contributed by atoms with Gasteiger partial charge in [-0.3, -0.25) is 19.3 Å². The highest BCUT2D eigenvalue weighted by atomic mass is 127. The fourth-order valence-electron chi connectivity index (χ4n) is 2.64. The predicted molar refractivity (Wildman–Crippen MR) is 136 cm³/mol. The number of carbonyl (C=O) groups excluding carboxylic acids is 3.